The third-order valence-corrected chi connectivity index (χ3v) is 6.52. The molecule has 3 amide bonds. The Kier molecular flexibility index (Phi) is 10.2. The van der Waals surface area contributed by atoms with Crippen molar-refractivity contribution in [3.8, 4) is 0 Å². The van der Waals surface area contributed by atoms with E-state index in [-0.39, 0.29) is 37.0 Å². The summed E-state index contributed by atoms with van der Waals surface area (Å²) in [6.45, 7) is 4.16. The number of hydrogen-bond donors (Lipinski definition) is 1. The molecule has 0 unspecified atom stereocenters. The molecule has 1 aliphatic rings. The summed E-state index contributed by atoms with van der Waals surface area (Å²) in [6, 6.07) is 14.4. The van der Waals surface area contributed by atoms with Gasteiger partial charge in [0, 0.05) is 50.5 Å². The minimum Gasteiger partial charge on any atom is -0.467 e. The van der Waals surface area contributed by atoms with Crippen LogP contribution in [-0.2, 0) is 22.6 Å². The van der Waals surface area contributed by atoms with Gasteiger partial charge in [-0.25, -0.2) is 9.18 Å². The highest BCUT2D eigenvalue weighted by Crippen LogP contribution is 2.17. The van der Waals surface area contributed by atoms with E-state index in [9.17, 15) is 24.1 Å². The van der Waals surface area contributed by atoms with E-state index in [2.05, 4.69) is 10.2 Å². The van der Waals surface area contributed by atoms with E-state index in [0.717, 1.165) is 25.2 Å². The summed E-state index contributed by atoms with van der Waals surface area (Å²) in [5, 5.41) is 13.7. The lowest BCUT2D eigenvalue weighted by molar-refractivity contribution is -0.384. The maximum Gasteiger partial charge on any atom is 0.322 e. The number of carbonyl (C=O) groups excluding carboxylic acids is 2. The predicted molar refractivity (Wildman–Crippen MR) is 145 cm³/mol. The van der Waals surface area contributed by atoms with Crippen LogP contribution in [-0.4, -0.2) is 77.5 Å². The van der Waals surface area contributed by atoms with E-state index < -0.39 is 11.0 Å². The summed E-state index contributed by atoms with van der Waals surface area (Å²) in [7, 11) is 0. The van der Waals surface area contributed by atoms with Crippen molar-refractivity contribution in [1.82, 2.24) is 14.7 Å². The average Bonchev–Trinajstić information content (AvgIpc) is 3.47. The van der Waals surface area contributed by atoms with Crippen LogP contribution in [0.25, 0.3) is 0 Å². The SMILES string of the molecule is O=C(CN(CCCN1CCOCC1)C(=O)Nc1ccc([N+](=O)[O-])cc1)N(Cc1ccc(F)cc1)Cc1ccco1. The fourth-order valence-electron chi connectivity index (χ4n) is 4.33. The molecule has 0 radical (unpaired) electrons. The van der Waals surface area contributed by atoms with E-state index in [1.165, 1.54) is 47.6 Å². The number of ether oxygens (including phenoxy) is 1. The largest absolute Gasteiger partial charge is 0.467 e. The summed E-state index contributed by atoms with van der Waals surface area (Å²) in [5.41, 5.74) is 1.01. The Morgan fingerprint density at radius 3 is 2.38 bits per heavy atom. The molecule has 4 rings (SSSR count). The van der Waals surface area contributed by atoms with E-state index >= 15 is 0 Å². The summed E-state index contributed by atoms with van der Waals surface area (Å²) >= 11 is 0. The molecule has 1 fully saturated rings. The minimum atomic E-state index is -0.517. The van der Waals surface area contributed by atoms with Crippen molar-refractivity contribution in [2.45, 2.75) is 19.5 Å². The molecule has 0 atom stereocenters. The molecule has 12 heteroatoms. The number of nitro groups is 1. The van der Waals surface area contributed by atoms with Crippen LogP contribution in [0.2, 0.25) is 0 Å². The number of anilines is 1. The van der Waals surface area contributed by atoms with Crippen molar-refractivity contribution in [3.63, 3.8) is 0 Å². The first-order chi connectivity index (χ1) is 19.4. The van der Waals surface area contributed by atoms with Gasteiger partial charge in [-0.15, -0.1) is 0 Å². The van der Waals surface area contributed by atoms with Gasteiger partial charge in [-0.05, 0) is 48.4 Å². The van der Waals surface area contributed by atoms with Gasteiger partial charge in [0.25, 0.3) is 5.69 Å². The van der Waals surface area contributed by atoms with Crippen LogP contribution in [0.4, 0.5) is 20.6 Å². The number of halogens is 1. The minimum absolute atomic E-state index is 0.0927. The van der Waals surface area contributed by atoms with Gasteiger partial charge >= 0.3 is 6.03 Å². The highest BCUT2D eigenvalue weighted by Gasteiger charge is 2.23. The first-order valence-electron chi connectivity index (χ1n) is 13.0. The Balaban J connectivity index is 1.47. The number of non-ortho nitro benzene ring substituents is 1. The number of rotatable bonds is 12. The van der Waals surface area contributed by atoms with Gasteiger partial charge in [-0.2, -0.15) is 0 Å². The monoisotopic (exact) mass is 553 g/mol. The van der Waals surface area contributed by atoms with E-state index in [1.807, 2.05) is 0 Å². The third-order valence-electron chi connectivity index (χ3n) is 6.52. The van der Waals surface area contributed by atoms with Crippen molar-refractivity contribution in [2.75, 3.05) is 51.3 Å². The molecule has 3 aromatic rings. The van der Waals surface area contributed by atoms with Crippen LogP contribution in [0.5, 0.6) is 0 Å². The number of urea groups is 1. The zero-order chi connectivity index (χ0) is 28.3. The summed E-state index contributed by atoms with van der Waals surface area (Å²) in [6.07, 6.45) is 2.16. The van der Waals surface area contributed by atoms with Crippen LogP contribution < -0.4 is 5.32 Å². The first-order valence-corrected chi connectivity index (χ1v) is 13.0. The normalized spacial score (nSPS) is 13.5. The number of amides is 3. The molecule has 1 N–H and O–H groups in total. The number of furan rings is 1. The van der Waals surface area contributed by atoms with Gasteiger partial charge in [0.05, 0.1) is 30.9 Å². The molecule has 0 bridgehead atoms. The van der Waals surface area contributed by atoms with E-state index in [0.29, 0.717) is 37.6 Å². The molecule has 0 aliphatic carbocycles. The molecular formula is C28H32FN5O6. The molecular weight excluding hydrogens is 521 g/mol. The van der Waals surface area contributed by atoms with Crippen LogP contribution >= 0.6 is 0 Å². The maximum absolute atomic E-state index is 13.6. The molecule has 212 valence electrons. The van der Waals surface area contributed by atoms with E-state index in [1.54, 1.807) is 29.2 Å². The lowest BCUT2D eigenvalue weighted by Gasteiger charge is -2.30. The number of benzene rings is 2. The van der Waals surface area contributed by atoms with Gasteiger partial charge in [0.15, 0.2) is 0 Å². The molecule has 1 aliphatic heterocycles. The Hall–Kier alpha value is -4.29. The zero-order valence-electron chi connectivity index (χ0n) is 22.0. The lowest BCUT2D eigenvalue weighted by atomic mass is 10.2. The number of nitrogens with zero attached hydrogens (tertiary/aromatic N) is 4. The Labute approximate surface area is 231 Å². The standard InChI is InChI=1S/C28H32FN5O6/c29-23-6-4-22(5-7-23)19-33(20-26-3-1-16-40-26)27(35)21-32(13-2-12-31-14-17-39-18-15-31)28(36)30-24-8-10-25(11-9-24)34(37)38/h1,3-11,16H,2,12-15,17-21H2,(H,30,36). The second kappa shape index (κ2) is 14.2. The second-order valence-corrected chi connectivity index (χ2v) is 9.42. The maximum atomic E-state index is 13.6. The molecule has 1 aromatic heterocycles. The third kappa shape index (κ3) is 8.61. The average molecular weight is 554 g/mol. The Morgan fingerprint density at radius 2 is 1.73 bits per heavy atom. The first kappa shape index (κ1) is 28.7. The number of carbonyl (C=O) groups is 2. The number of nitrogens with one attached hydrogen (secondary N) is 1. The molecule has 2 aromatic carbocycles. The molecule has 0 saturated carbocycles. The molecule has 2 heterocycles. The van der Waals surface area contributed by atoms with E-state index in [4.69, 9.17) is 9.15 Å². The quantitative estimate of drug-likeness (QED) is 0.265. The van der Waals surface area contributed by atoms with Gasteiger partial charge < -0.3 is 24.3 Å². The zero-order valence-corrected chi connectivity index (χ0v) is 22.0. The van der Waals surface area contributed by atoms with Gasteiger partial charge in [0.2, 0.25) is 5.91 Å². The lowest BCUT2D eigenvalue weighted by Crippen LogP contribution is -2.45. The number of morpholine rings is 1. The van der Waals surface area contributed by atoms with Crippen molar-refractivity contribution in [1.29, 1.82) is 0 Å². The highest BCUT2D eigenvalue weighted by molar-refractivity contribution is 5.92. The highest BCUT2D eigenvalue weighted by atomic mass is 19.1. The fraction of sp³-hybridized carbons (Fsp3) is 0.357. The van der Waals surface area contributed by atoms with Crippen LogP contribution in [0.3, 0.4) is 0 Å². The van der Waals surface area contributed by atoms with Crippen molar-refractivity contribution >= 4 is 23.3 Å². The second-order valence-electron chi connectivity index (χ2n) is 9.42. The van der Waals surface area contributed by atoms with Gasteiger partial charge in [-0.1, -0.05) is 12.1 Å². The summed E-state index contributed by atoms with van der Waals surface area (Å²) < 4.78 is 24.3. The smallest absolute Gasteiger partial charge is 0.322 e. The van der Waals surface area contributed by atoms with Crippen molar-refractivity contribution in [2.24, 2.45) is 0 Å². The molecule has 40 heavy (non-hydrogen) atoms. The fourth-order valence-corrected chi connectivity index (χ4v) is 4.33. The van der Waals surface area contributed by atoms with Crippen molar-refractivity contribution in [3.05, 3.63) is 94.2 Å². The van der Waals surface area contributed by atoms with Crippen LogP contribution in [0.1, 0.15) is 17.7 Å². The van der Waals surface area contributed by atoms with Crippen LogP contribution in [0.15, 0.2) is 71.3 Å². The Morgan fingerprint density at radius 1 is 1.00 bits per heavy atom. The number of nitro benzene ring substituents is 1. The van der Waals surface area contributed by atoms with Gasteiger partial charge in [-0.3, -0.25) is 19.8 Å². The summed E-state index contributed by atoms with van der Waals surface area (Å²) in [5.74, 6) is -0.113. The predicted octanol–water partition coefficient (Wildman–Crippen LogP) is 4.11. The van der Waals surface area contributed by atoms with Gasteiger partial charge in [0.1, 0.15) is 18.1 Å². The summed E-state index contributed by atoms with van der Waals surface area (Å²) in [4.78, 5) is 42.6. The Bertz CT molecular complexity index is 1250. The molecule has 1 saturated heterocycles. The topological polar surface area (TPSA) is 121 Å². The van der Waals surface area contributed by atoms with Crippen LogP contribution in [0, 0.1) is 15.9 Å². The van der Waals surface area contributed by atoms with Crippen molar-refractivity contribution < 1.29 is 28.1 Å². The molecule has 11 nitrogen and oxygen atoms in total. The molecule has 0 spiro atoms. The number of hydrogen-bond acceptors (Lipinski definition) is 7.